The van der Waals surface area contributed by atoms with Crippen molar-refractivity contribution >= 4 is 5.91 Å². The number of aromatic nitrogens is 2. The molecule has 1 aromatic carbocycles. The van der Waals surface area contributed by atoms with Gasteiger partial charge < -0.3 is 14.6 Å². The number of hydrogen-bond donors (Lipinski definition) is 1. The highest BCUT2D eigenvalue weighted by atomic mass is 16.5. The number of morpholine rings is 1. The van der Waals surface area contributed by atoms with Gasteiger partial charge in [0.25, 0.3) is 0 Å². The molecule has 7 nitrogen and oxygen atoms in total. The Morgan fingerprint density at radius 3 is 2.93 bits per heavy atom. The molecule has 2 heterocycles. The predicted octanol–water partition coefficient (Wildman–Crippen LogP) is 1.90. The molecule has 1 saturated heterocycles. The largest absolute Gasteiger partial charge is 0.375 e. The average Bonchev–Trinajstić information content (AvgIpc) is 3.42. The van der Waals surface area contributed by atoms with Crippen molar-refractivity contribution in [3.8, 4) is 0 Å². The summed E-state index contributed by atoms with van der Waals surface area (Å²) in [6, 6.07) is 10.4. The Morgan fingerprint density at radius 1 is 1.26 bits per heavy atom. The first-order valence-corrected chi connectivity index (χ1v) is 9.73. The molecular weight excluding hydrogens is 344 g/mol. The van der Waals surface area contributed by atoms with Crippen LogP contribution in [-0.2, 0) is 22.5 Å². The quantitative estimate of drug-likeness (QED) is 0.764. The molecule has 144 valence electrons. The van der Waals surface area contributed by atoms with E-state index in [2.05, 4.69) is 44.6 Å². The lowest BCUT2D eigenvalue weighted by atomic mass is 10.1. The summed E-state index contributed by atoms with van der Waals surface area (Å²) in [7, 11) is 0. The van der Waals surface area contributed by atoms with Gasteiger partial charge in [0.15, 0.2) is 5.82 Å². The topological polar surface area (TPSA) is 80.5 Å². The van der Waals surface area contributed by atoms with Gasteiger partial charge in [-0.1, -0.05) is 35.5 Å². The summed E-state index contributed by atoms with van der Waals surface area (Å²) in [5.41, 5.74) is 1.28. The molecular formula is C20H26N4O3. The normalized spacial score (nSPS) is 20.5. The van der Waals surface area contributed by atoms with E-state index in [1.54, 1.807) is 0 Å². The van der Waals surface area contributed by atoms with Crippen molar-refractivity contribution in [3.63, 3.8) is 0 Å². The van der Waals surface area contributed by atoms with E-state index in [1.165, 1.54) is 5.56 Å². The summed E-state index contributed by atoms with van der Waals surface area (Å²) in [5.74, 6) is 1.90. The third kappa shape index (κ3) is 5.37. The summed E-state index contributed by atoms with van der Waals surface area (Å²) >= 11 is 0. The fourth-order valence-corrected chi connectivity index (χ4v) is 3.35. The van der Waals surface area contributed by atoms with E-state index in [9.17, 15) is 4.79 Å². The molecule has 0 radical (unpaired) electrons. The van der Waals surface area contributed by atoms with Crippen LogP contribution in [0, 0.1) is 0 Å². The Kier molecular flexibility index (Phi) is 5.79. The van der Waals surface area contributed by atoms with E-state index >= 15 is 0 Å². The first-order valence-electron chi connectivity index (χ1n) is 9.73. The highest BCUT2D eigenvalue weighted by molar-refractivity contribution is 5.76. The zero-order valence-corrected chi connectivity index (χ0v) is 15.5. The van der Waals surface area contributed by atoms with Crippen molar-refractivity contribution in [2.24, 2.45) is 0 Å². The van der Waals surface area contributed by atoms with Crippen molar-refractivity contribution < 1.29 is 14.1 Å². The number of hydrogen-bond acceptors (Lipinski definition) is 6. The number of carbonyl (C=O) groups is 1. The van der Waals surface area contributed by atoms with Crippen LogP contribution in [0.15, 0.2) is 34.9 Å². The van der Waals surface area contributed by atoms with Crippen LogP contribution in [-0.4, -0.2) is 53.3 Å². The van der Waals surface area contributed by atoms with Crippen LogP contribution in [0.1, 0.15) is 42.5 Å². The maximum Gasteiger partial charge on any atom is 0.228 e. The van der Waals surface area contributed by atoms with Crippen LogP contribution in [0.3, 0.4) is 0 Å². The van der Waals surface area contributed by atoms with E-state index in [0.29, 0.717) is 37.8 Å². The molecule has 27 heavy (non-hydrogen) atoms. The molecule has 1 amide bonds. The van der Waals surface area contributed by atoms with Crippen LogP contribution < -0.4 is 5.32 Å². The fourth-order valence-electron chi connectivity index (χ4n) is 3.35. The minimum absolute atomic E-state index is 0.00323. The van der Waals surface area contributed by atoms with Gasteiger partial charge >= 0.3 is 0 Å². The Bertz CT molecular complexity index is 745. The van der Waals surface area contributed by atoms with Crippen molar-refractivity contribution in [3.05, 3.63) is 47.6 Å². The summed E-state index contributed by atoms with van der Waals surface area (Å²) in [5, 5.41) is 6.92. The van der Waals surface area contributed by atoms with Gasteiger partial charge in [0.05, 0.1) is 19.1 Å². The Labute approximate surface area is 159 Å². The first-order chi connectivity index (χ1) is 13.3. The smallest absolute Gasteiger partial charge is 0.228 e. The summed E-state index contributed by atoms with van der Waals surface area (Å²) in [6.45, 7) is 3.73. The van der Waals surface area contributed by atoms with Gasteiger partial charge in [-0.2, -0.15) is 4.98 Å². The second-order valence-corrected chi connectivity index (χ2v) is 7.34. The standard InChI is InChI=1S/C20H26N4O3/c25-18(21-9-8-19-22-20(23-27-19)16-6-7-16)12-17-14-24(10-11-26-17)13-15-4-2-1-3-5-15/h1-5,16-17H,6-14H2,(H,21,25)/t17-/m0/s1. The van der Waals surface area contributed by atoms with E-state index in [4.69, 9.17) is 9.26 Å². The van der Waals surface area contributed by atoms with Crippen LogP contribution in [0.4, 0.5) is 0 Å². The first kappa shape index (κ1) is 18.1. The molecule has 2 fully saturated rings. The van der Waals surface area contributed by atoms with Gasteiger partial charge in [-0.05, 0) is 18.4 Å². The van der Waals surface area contributed by atoms with Crippen LogP contribution in [0.5, 0.6) is 0 Å². The molecule has 0 spiro atoms. The lowest BCUT2D eigenvalue weighted by Gasteiger charge is -2.32. The molecule has 0 unspecified atom stereocenters. The molecule has 7 heteroatoms. The van der Waals surface area contributed by atoms with Crippen LogP contribution in [0.25, 0.3) is 0 Å². The molecule has 1 saturated carbocycles. The lowest BCUT2D eigenvalue weighted by Crippen LogP contribution is -2.44. The monoisotopic (exact) mass is 370 g/mol. The van der Waals surface area contributed by atoms with Gasteiger partial charge in [-0.25, -0.2) is 0 Å². The predicted molar refractivity (Wildman–Crippen MR) is 99.1 cm³/mol. The average molecular weight is 370 g/mol. The highest BCUT2D eigenvalue weighted by Crippen LogP contribution is 2.38. The number of nitrogens with one attached hydrogen (secondary N) is 1. The van der Waals surface area contributed by atoms with E-state index in [0.717, 1.165) is 38.3 Å². The molecule has 0 bridgehead atoms. The minimum atomic E-state index is -0.0627. The molecule has 1 aliphatic heterocycles. The van der Waals surface area contributed by atoms with E-state index < -0.39 is 0 Å². The number of benzene rings is 1. The zero-order chi connectivity index (χ0) is 18.5. The number of carbonyl (C=O) groups excluding carboxylic acids is 1. The molecule has 2 aliphatic rings. The third-order valence-electron chi connectivity index (χ3n) is 4.97. The second-order valence-electron chi connectivity index (χ2n) is 7.34. The van der Waals surface area contributed by atoms with Crippen molar-refractivity contribution in [1.82, 2.24) is 20.4 Å². The van der Waals surface area contributed by atoms with Crippen LogP contribution in [0.2, 0.25) is 0 Å². The number of nitrogens with zero attached hydrogens (tertiary/aromatic N) is 3. The molecule has 1 atom stereocenters. The number of amides is 1. The summed E-state index contributed by atoms with van der Waals surface area (Å²) in [6.07, 6.45) is 3.18. The molecule has 1 N–H and O–H groups in total. The summed E-state index contributed by atoms with van der Waals surface area (Å²) < 4.78 is 11.0. The summed E-state index contributed by atoms with van der Waals surface area (Å²) in [4.78, 5) is 18.9. The van der Waals surface area contributed by atoms with E-state index in [1.807, 2.05) is 6.07 Å². The fraction of sp³-hybridized carbons (Fsp3) is 0.550. The second kappa shape index (κ2) is 8.63. The van der Waals surface area contributed by atoms with Gasteiger partial charge in [-0.15, -0.1) is 0 Å². The SMILES string of the molecule is O=C(C[C@H]1CN(Cc2ccccc2)CCO1)NCCc1nc(C2CC2)no1. The Balaban J connectivity index is 1.17. The van der Waals surface area contributed by atoms with Gasteiger partial charge in [0, 0.05) is 38.5 Å². The minimum Gasteiger partial charge on any atom is -0.375 e. The maximum absolute atomic E-state index is 12.2. The van der Waals surface area contributed by atoms with Crippen molar-refractivity contribution in [1.29, 1.82) is 0 Å². The van der Waals surface area contributed by atoms with Gasteiger partial charge in [-0.3, -0.25) is 9.69 Å². The zero-order valence-electron chi connectivity index (χ0n) is 15.5. The third-order valence-corrected chi connectivity index (χ3v) is 4.97. The van der Waals surface area contributed by atoms with Crippen molar-refractivity contribution in [2.45, 2.75) is 44.2 Å². The molecule has 1 aromatic heterocycles. The Hall–Kier alpha value is -2.25. The van der Waals surface area contributed by atoms with Gasteiger partial charge in [0.2, 0.25) is 11.8 Å². The van der Waals surface area contributed by atoms with Gasteiger partial charge in [0.1, 0.15) is 0 Å². The van der Waals surface area contributed by atoms with Crippen LogP contribution >= 0.6 is 0 Å². The van der Waals surface area contributed by atoms with Crippen molar-refractivity contribution in [2.75, 3.05) is 26.2 Å². The Morgan fingerprint density at radius 2 is 2.11 bits per heavy atom. The molecule has 4 rings (SSSR count). The maximum atomic E-state index is 12.2. The number of rotatable bonds is 8. The highest BCUT2D eigenvalue weighted by Gasteiger charge is 2.28. The molecule has 2 aromatic rings. The number of ether oxygens (including phenoxy) is 1. The van der Waals surface area contributed by atoms with E-state index in [-0.39, 0.29) is 12.0 Å². The lowest BCUT2D eigenvalue weighted by molar-refractivity contribution is -0.126. The molecule has 1 aliphatic carbocycles.